The summed E-state index contributed by atoms with van der Waals surface area (Å²) in [7, 11) is -4.03. The second kappa shape index (κ2) is 5.57. The maximum Gasteiger partial charge on any atom is 0.325 e. The number of nitrogens with one attached hydrogen (secondary N) is 1. The van der Waals surface area contributed by atoms with Crippen LogP contribution in [0.1, 0.15) is 12.8 Å². The molecular weight excluding hydrogens is 220 g/mol. The second-order valence-electron chi connectivity index (χ2n) is 2.53. The Morgan fingerprint density at radius 3 is 2.38 bits per heavy atom. The summed E-state index contributed by atoms with van der Waals surface area (Å²) in [6, 6.07) is -0.965. The van der Waals surface area contributed by atoms with E-state index in [2.05, 4.69) is 0 Å². The minimum absolute atomic E-state index is 0.0872. The standard InChI is InChI=1S/C5H11ClNO5P/c6-7-4(5(8)9)2-1-3-13(10,11)12/h4,7H,1-3H2,(H,8,9)(H2,10,11,12)/t4-/m0/s1. The average molecular weight is 232 g/mol. The van der Waals surface area contributed by atoms with Gasteiger partial charge in [-0.05, 0) is 24.6 Å². The fraction of sp³-hybridized carbons (Fsp3) is 0.800. The number of carbonyl (C=O) groups is 1. The quantitative estimate of drug-likeness (QED) is 0.383. The maximum absolute atomic E-state index is 10.4. The smallest absolute Gasteiger partial charge is 0.325 e. The van der Waals surface area contributed by atoms with Crippen LogP contribution in [0.15, 0.2) is 0 Å². The van der Waals surface area contributed by atoms with Crippen molar-refractivity contribution in [2.45, 2.75) is 18.9 Å². The summed E-state index contributed by atoms with van der Waals surface area (Å²) in [6.45, 7) is 0. The first-order chi connectivity index (χ1) is 5.87. The number of hydrogen-bond acceptors (Lipinski definition) is 3. The van der Waals surface area contributed by atoms with Crippen molar-refractivity contribution in [1.82, 2.24) is 4.84 Å². The molecule has 6 nitrogen and oxygen atoms in total. The molecule has 0 aliphatic heterocycles. The van der Waals surface area contributed by atoms with Crippen LogP contribution < -0.4 is 4.84 Å². The van der Waals surface area contributed by atoms with Crippen molar-refractivity contribution >= 4 is 25.3 Å². The minimum Gasteiger partial charge on any atom is -0.480 e. The average Bonchev–Trinajstić information content (AvgIpc) is 1.95. The summed E-state index contributed by atoms with van der Waals surface area (Å²) in [4.78, 5) is 29.3. The van der Waals surface area contributed by atoms with E-state index in [0.29, 0.717) is 0 Å². The molecule has 0 rings (SSSR count). The number of carboxylic acids is 1. The molecule has 78 valence electrons. The molecule has 1 atom stereocenters. The highest BCUT2D eigenvalue weighted by atomic mass is 35.5. The fourth-order valence-corrected chi connectivity index (χ4v) is 1.52. The zero-order valence-electron chi connectivity index (χ0n) is 6.68. The molecule has 0 unspecified atom stereocenters. The van der Waals surface area contributed by atoms with Crippen molar-refractivity contribution in [3.63, 3.8) is 0 Å². The van der Waals surface area contributed by atoms with E-state index in [-0.39, 0.29) is 19.0 Å². The molecule has 13 heavy (non-hydrogen) atoms. The van der Waals surface area contributed by atoms with E-state index in [1.807, 2.05) is 4.84 Å². The molecule has 4 N–H and O–H groups in total. The van der Waals surface area contributed by atoms with Crippen LogP contribution in [0.2, 0.25) is 0 Å². The predicted octanol–water partition coefficient (Wildman–Crippen LogP) is 0.141. The van der Waals surface area contributed by atoms with Gasteiger partial charge in [-0.25, -0.2) is 4.84 Å². The summed E-state index contributed by atoms with van der Waals surface area (Å²) in [5.41, 5.74) is 0. The van der Waals surface area contributed by atoms with Crippen molar-refractivity contribution in [3.05, 3.63) is 0 Å². The highest BCUT2D eigenvalue weighted by Gasteiger charge is 2.18. The molecule has 0 aliphatic rings. The van der Waals surface area contributed by atoms with Gasteiger partial charge in [0.2, 0.25) is 0 Å². The molecule has 0 radical (unpaired) electrons. The highest BCUT2D eigenvalue weighted by Crippen LogP contribution is 2.35. The first-order valence-electron chi connectivity index (χ1n) is 3.50. The summed E-state index contributed by atoms with van der Waals surface area (Å²) in [6.07, 6.45) is -0.125. The van der Waals surface area contributed by atoms with Gasteiger partial charge in [-0.15, -0.1) is 0 Å². The predicted molar refractivity (Wildman–Crippen MR) is 46.6 cm³/mol. The normalized spacial score (nSPS) is 14.1. The van der Waals surface area contributed by atoms with Gasteiger partial charge in [0.05, 0.1) is 0 Å². The summed E-state index contributed by atoms with van der Waals surface area (Å²) in [5.74, 6) is -1.14. The number of carboxylic acid groups (broad SMARTS) is 1. The topological polar surface area (TPSA) is 107 Å². The number of rotatable bonds is 6. The van der Waals surface area contributed by atoms with Gasteiger partial charge in [0.25, 0.3) is 0 Å². The Balaban J connectivity index is 3.74. The van der Waals surface area contributed by atoms with Crippen LogP contribution in [0, 0.1) is 0 Å². The molecular formula is C5H11ClNO5P. The molecule has 0 fully saturated rings. The van der Waals surface area contributed by atoms with Gasteiger partial charge in [0.1, 0.15) is 6.04 Å². The minimum atomic E-state index is -4.03. The van der Waals surface area contributed by atoms with E-state index >= 15 is 0 Å². The molecule has 0 bridgehead atoms. The van der Waals surface area contributed by atoms with Crippen molar-refractivity contribution in [2.24, 2.45) is 0 Å². The SMILES string of the molecule is O=C(O)[C@H](CCCP(=O)(O)O)NCl. The van der Waals surface area contributed by atoms with Crippen LogP contribution in [-0.2, 0) is 9.36 Å². The number of halogens is 1. The molecule has 0 aromatic carbocycles. The lowest BCUT2D eigenvalue weighted by molar-refractivity contribution is -0.139. The fourth-order valence-electron chi connectivity index (χ4n) is 0.726. The molecule has 8 heteroatoms. The van der Waals surface area contributed by atoms with E-state index in [1.54, 1.807) is 0 Å². The summed E-state index contributed by atoms with van der Waals surface area (Å²) >= 11 is 5.09. The largest absolute Gasteiger partial charge is 0.480 e. The van der Waals surface area contributed by atoms with Gasteiger partial charge in [-0.3, -0.25) is 9.36 Å². The first-order valence-corrected chi connectivity index (χ1v) is 5.68. The van der Waals surface area contributed by atoms with Crippen molar-refractivity contribution in [1.29, 1.82) is 0 Å². The zero-order valence-corrected chi connectivity index (χ0v) is 8.33. The Kier molecular flexibility index (Phi) is 5.51. The second-order valence-corrected chi connectivity index (χ2v) is 4.53. The molecule has 0 aromatic heterocycles. The first kappa shape index (κ1) is 12.9. The lowest BCUT2D eigenvalue weighted by Gasteiger charge is -2.09. The number of hydrogen-bond donors (Lipinski definition) is 4. The van der Waals surface area contributed by atoms with Crippen LogP contribution in [0.4, 0.5) is 0 Å². The maximum atomic E-state index is 10.4. The Labute approximate surface area is 80.2 Å². The van der Waals surface area contributed by atoms with Crippen LogP contribution in [-0.4, -0.2) is 33.1 Å². The molecule has 0 saturated heterocycles. The van der Waals surface area contributed by atoms with E-state index in [9.17, 15) is 9.36 Å². The molecule has 0 saturated carbocycles. The third kappa shape index (κ3) is 6.98. The Hall–Kier alpha value is -0.130. The molecule has 0 amide bonds. The van der Waals surface area contributed by atoms with E-state index in [4.69, 9.17) is 26.7 Å². The van der Waals surface area contributed by atoms with Crippen molar-refractivity contribution < 1.29 is 24.3 Å². The summed E-state index contributed by atoms with van der Waals surface area (Å²) in [5, 5.41) is 8.46. The van der Waals surface area contributed by atoms with E-state index in [1.165, 1.54) is 0 Å². The van der Waals surface area contributed by atoms with Crippen LogP contribution in [0.5, 0.6) is 0 Å². The summed E-state index contributed by atoms with van der Waals surface area (Å²) < 4.78 is 10.4. The Morgan fingerprint density at radius 2 is 2.08 bits per heavy atom. The van der Waals surface area contributed by atoms with E-state index in [0.717, 1.165) is 0 Å². The monoisotopic (exact) mass is 231 g/mol. The van der Waals surface area contributed by atoms with Gasteiger partial charge < -0.3 is 14.9 Å². The molecule has 0 aliphatic carbocycles. The molecule has 0 aromatic rings. The highest BCUT2D eigenvalue weighted by molar-refractivity contribution is 7.51. The Morgan fingerprint density at radius 1 is 1.54 bits per heavy atom. The third-order valence-electron chi connectivity index (χ3n) is 1.37. The van der Waals surface area contributed by atoms with Crippen LogP contribution in [0.25, 0.3) is 0 Å². The van der Waals surface area contributed by atoms with Crippen LogP contribution >= 0.6 is 19.4 Å². The number of aliphatic carboxylic acids is 1. The van der Waals surface area contributed by atoms with Crippen molar-refractivity contribution in [2.75, 3.05) is 6.16 Å². The van der Waals surface area contributed by atoms with Crippen LogP contribution in [0.3, 0.4) is 0 Å². The lowest BCUT2D eigenvalue weighted by atomic mass is 10.2. The van der Waals surface area contributed by atoms with Gasteiger partial charge in [-0.2, -0.15) is 0 Å². The van der Waals surface area contributed by atoms with Gasteiger partial charge in [-0.1, -0.05) is 0 Å². The van der Waals surface area contributed by atoms with Crippen molar-refractivity contribution in [3.8, 4) is 0 Å². The van der Waals surface area contributed by atoms with Gasteiger partial charge in [0.15, 0.2) is 0 Å². The zero-order chi connectivity index (χ0) is 10.5. The Bertz CT molecular complexity index is 217. The van der Waals surface area contributed by atoms with Gasteiger partial charge >= 0.3 is 13.6 Å². The molecule has 0 heterocycles. The van der Waals surface area contributed by atoms with E-state index < -0.39 is 19.6 Å². The molecule has 0 spiro atoms. The lowest BCUT2D eigenvalue weighted by Crippen LogP contribution is -2.30. The third-order valence-corrected chi connectivity index (χ3v) is 2.53. The van der Waals surface area contributed by atoms with Gasteiger partial charge in [0, 0.05) is 6.16 Å².